The molecule has 0 aromatic heterocycles. The van der Waals surface area contributed by atoms with Crippen molar-refractivity contribution < 1.29 is 4.79 Å². The molecular formula is C13H18BrN3O. The van der Waals surface area contributed by atoms with Crippen LogP contribution < -0.4 is 15.5 Å². The minimum absolute atomic E-state index is 0.0322. The molecule has 0 unspecified atom stereocenters. The standard InChI is InChI=1S/C13H18BrN3O/c1-13(2,8-15-3)17-7-12(18)16-10-6-9(14)4-5-11(10)17/h4-6,15H,7-8H2,1-3H3,(H,16,18). The number of rotatable bonds is 3. The van der Waals surface area contributed by atoms with Crippen LogP contribution in [0.5, 0.6) is 0 Å². The molecule has 1 aliphatic rings. The fraction of sp³-hybridized carbons (Fsp3) is 0.462. The van der Waals surface area contributed by atoms with Gasteiger partial charge in [0.15, 0.2) is 0 Å². The second-order valence-electron chi connectivity index (χ2n) is 5.14. The van der Waals surface area contributed by atoms with Gasteiger partial charge in [-0.1, -0.05) is 15.9 Å². The zero-order valence-corrected chi connectivity index (χ0v) is 12.5. The summed E-state index contributed by atoms with van der Waals surface area (Å²) >= 11 is 3.43. The largest absolute Gasteiger partial charge is 0.354 e. The van der Waals surface area contributed by atoms with E-state index in [4.69, 9.17) is 0 Å². The molecular weight excluding hydrogens is 294 g/mol. The Labute approximate surface area is 116 Å². The maximum atomic E-state index is 11.8. The number of benzene rings is 1. The van der Waals surface area contributed by atoms with Crippen molar-refractivity contribution in [1.82, 2.24) is 5.32 Å². The number of hydrogen-bond donors (Lipinski definition) is 2. The van der Waals surface area contributed by atoms with Crippen molar-refractivity contribution in [2.45, 2.75) is 19.4 Å². The zero-order chi connectivity index (χ0) is 13.3. The molecule has 1 heterocycles. The summed E-state index contributed by atoms with van der Waals surface area (Å²) in [7, 11) is 1.92. The first-order chi connectivity index (χ1) is 8.44. The summed E-state index contributed by atoms with van der Waals surface area (Å²) in [5.74, 6) is 0.0322. The highest BCUT2D eigenvalue weighted by Crippen LogP contribution is 2.35. The number of carbonyl (C=O) groups is 1. The van der Waals surface area contributed by atoms with Crippen molar-refractivity contribution in [2.75, 3.05) is 30.4 Å². The summed E-state index contributed by atoms with van der Waals surface area (Å²) in [6.45, 7) is 5.47. The predicted octanol–water partition coefficient (Wildman–Crippen LogP) is 2.21. The van der Waals surface area contributed by atoms with Crippen LogP contribution in [0.4, 0.5) is 11.4 Å². The normalized spacial score (nSPS) is 15.3. The molecule has 2 N–H and O–H groups in total. The third-order valence-corrected chi connectivity index (χ3v) is 3.66. The molecule has 5 heteroatoms. The number of anilines is 2. The SMILES string of the molecule is CNCC(C)(C)N1CC(=O)Nc2cc(Br)ccc21. The van der Waals surface area contributed by atoms with Crippen molar-refractivity contribution in [3.8, 4) is 0 Å². The minimum atomic E-state index is -0.116. The number of likely N-dealkylation sites (N-methyl/N-ethyl adjacent to an activating group) is 1. The summed E-state index contributed by atoms with van der Waals surface area (Å²) in [4.78, 5) is 14.0. The summed E-state index contributed by atoms with van der Waals surface area (Å²) in [6, 6.07) is 5.98. The second kappa shape index (κ2) is 4.90. The predicted molar refractivity (Wildman–Crippen MR) is 78.1 cm³/mol. The van der Waals surface area contributed by atoms with E-state index < -0.39 is 0 Å². The van der Waals surface area contributed by atoms with Gasteiger partial charge < -0.3 is 15.5 Å². The van der Waals surface area contributed by atoms with Crippen LogP contribution in [-0.4, -0.2) is 31.6 Å². The number of halogens is 1. The van der Waals surface area contributed by atoms with E-state index in [1.54, 1.807) is 0 Å². The third kappa shape index (κ3) is 2.52. The number of nitrogens with one attached hydrogen (secondary N) is 2. The lowest BCUT2D eigenvalue weighted by molar-refractivity contribution is -0.115. The average Bonchev–Trinajstić information content (AvgIpc) is 2.27. The van der Waals surface area contributed by atoms with Crippen LogP contribution in [0.1, 0.15) is 13.8 Å². The van der Waals surface area contributed by atoms with E-state index in [0.29, 0.717) is 6.54 Å². The highest BCUT2D eigenvalue weighted by Gasteiger charge is 2.32. The molecule has 4 nitrogen and oxygen atoms in total. The zero-order valence-electron chi connectivity index (χ0n) is 10.9. The van der Waals surface area contributed by atoms with Gasteiger partial charge in [-0.2, -0.15) is 0 Å². The van der Waals surface area contributed by atoms with Crippen molar-refractivity contribution >= 4 is 33.2 Å². The number of nitrogens with zero attached hydrogens (tertiary/aromatic N) is 1. The Hall–Kier alpha value is -1.07. The van der Waals surface area contributed by atoms with Crippen LogP contribution in [0.25, 0.3) is 0 Å². The van der Waals surface area contributed by atoms with Crippen LogP contribution in [0.3, 0.4) is 0 Å². The first-order valence-corrected chi connectivity index (χ1v) is 6.75. The summed E-state index contributed by atoms with van der Waals surface area (Å²) in [5.41, 5.74) is 1.82. The van der Waals surface area contributed by atoms with Gasteiger partial charge in [0.2, 0.25) is 5.91 Å². The third-order valence-electron chi connectivity index (χ3n) is 3.17. The van der Waals surface area contributed by atoms with E-state index in [0.717, 1.165) is 22.4 Å². The van der Waals surface area contributed by atoms with Crippen molar-refractivity contribution in [2.24, 2.45) is 0 Å². The lowest BCUT2D eigenvalue weighted by atomic mass is 9.99. The monoisotopic (exact) mass is 311 g/mol. The number of fused-ring (bicyclic) bond motifs is 1. The maximum Gasteiger partial charge on any atom is 0.243 e. The van der Waals surface area contributed by atoms with Gasteiger partial charge in [-0.3, -0.25) is 4.79 Å². The van der Waals surface area contributed by atoms with Gasteiger partial charge in [-0.15, -0.1) is 0 Å². The van der Waals surface area contributed by atoms with E-state index in [2.05, 4.69) is 45.3 Å². The fourth-order valence-corrected chi connectivity index (χ4v) is 2.69. The minimum Gasteiger partial charge on any atom is -0.354 e. The number of hydrogen-bond acceptors (Lipinski definition) is 3. The van der Waals surface area contributed by atoms with E-state index >= 15 is 0 Å². The summed E-state index contributed by atoms with van der Waals surface area (Å²) in [6.07, 6.45) is 0. The first-order valence-electron chi connectivity index (χ1n) is 5.96. The molecule has 0 radical (unpaired) electrons. The van der Waals surface area contributed by atoms with E-state index in [1.165, 1.54) is 0 Å². The van der Waals surface area contributed by atoms with Crippen LogP contribution >= 0.6 is 15.9 Å². The second-order valence-corrected chi connectivity index (χ2v) is 6.05. The van der Waals surface area contributed by atoms with Crippen molar-refractivity contribution in [3.63, 3.8) is 0 Å². The highest BCUT2D eigenvalue weighted by atomic mass is 79.9. The van der Waals surface area contributed by atoms with Crippen molar-refractivity contribution in [3.05, 3.63) is 22.7 Å². The highest BCUT2D eigenvalue weighted by molar-refractivity contribution is 9.10. The van der Waals surface area contributed by atoms with Gasteiger partial charge >= 0.3 is 0 Å². The molecule has 0 fully saturated rings. The molecule has 1 aromatic carbocycles. The smallest absolute Gasteiger partial charge is 0.243 e. The van der Waals surface area contributed by atoms with Crippen LogP contribution in [-0.2, 0) is 4.79 Å². The first kappa shape index (κ1) is 13.4. The Morgan fingerprint density at radius 3 is 2.89 bits per heavy atom. The van der Waals surface area contributed by atoms with E-state index in [1.807, 2.05) is 25.2 Å². The Morgan fingerprint density at radius 1 is 1.50 bits per heavy atom. The molecule has 18 heavy (non-hydrogen) atoms. The van der Waals surface area contributed by atoms with Gasteiger partial charge in [0.05, 0.1) is 17.9 Å². The topological polar surface area (TPSA) is 44.4 Å². The van der Waals surface area contributed by atoms with Crippen LogP contribution in [0, 0.1) is 0 Å². The van der Waals surface area contributed by atoms with E-state index in [9.17, 15) is 4.79 Å². The lowest BCUT2D eigenvalue weighted by Crippen LogP contribution is -2.55. The molecule has 0 spiro atoms. The Bertz CT molecular complexity index is 473. The van der Waals surface area contributed by atoms with E-state index in [-0.39, 0.29) is 11.4 Å². The molecule has 1 aromatic rings. The van der Waals surface area contributed by atoms with Gasteiger partial charge in [-0.05, 0) is 39.1 Å². The summed E-state index contributed by atoms with van der Waals surface area (Å²) < 4.78 is 0.967. The Kier molecular flexibility index (Phi) is 3.64. The molecule has 0 saturated heterocycles. The van der Waals surface area contributed by atoms with Gasteiger partial charge in [0, 0.05) is 16.6 Å². The average molecular weight is 312 g/mol. The summed E-state index contributed by atoms with van der Waals surface area (Å²) in [5, 5.41) is 6.09. The maximum absolute atomic E-state index is 11.8. The van der Waals surface area contributed by atoms with Crippen LogP contribution in [0.15, 0.2) is 22.7 Å². The molecule has 1 amide bonds. The van der Waals surface area contributed by atoms with Gasteiger partial charge in [0.25, 0.3) is 0 Å². The molecule has 0 atom stereocenters. The molecule has 1 aliphatic heterocycles. The van der Waals surface area contributed by atoms with Crippen LogP contribution in [0.2, 0.25) is 0 Å². The number of carbonyl (C=O) groups excluding carboxylic acids is 1. The molecule has 2 rings (SSSR count). The molecule has 0 aliphatic carbocycles. The quantitative estimate of drug-likeness (QED) is 0.899. The van der Waals surface area contributed by atoms with Crippen molar-refractivity contribution in [1.29, 1.82) is 0 Å². The number of amides is 1. The Balaban J connectivity index is 2.42. The fourth-order valence-electron chi connectivity index (χ4n) is 2.33. The molecule has 0 saturated carbocycles. The molecule has 98 valence electrons. The molecule has 0 bridgehead atoms. The lowest BCUT2D eigenvalue weighted by Gasteiger charge is -2.43. The Morgan fingerprint density at radius 2 is 2.22 bits per heavy atom. The van der Waals surface area contributed by atoms with Gasteiger partial charge in [-0.25, -0.2) is 0 Å². The van der Waals surface area contributed by atoms with Gasteiger partial charge in [0.1, 0.15) is 0 Å².